The maximum atomic E-state index is 12.6. The van der Waals surface area contributed by atoms with Crippen LogP contribution in [0.3, 0.4) is 0 Å². The van der Waals surface area contributed by atoms with Gasteiger partial charge in [0, 0.05) is 5.69 Å². The highest BCUT2D eigenvalue weighted by molar-refractivity contribution is 7.86. The zero-order valence-electron chi connectivity index (χ0n) is 15.5. The molecule has 0 aliphatic carbocycles. The van der Waals surface area contributed by atoms with Crippen molar-refractivity contribution in [1.82, 2.24) is 0 Å². The van der Waals surface area contributed by atoms with Crippen LogP contribution in [-0.4, -0.2) is 27.7 Å². The van der Waals surface area contributed by atoms with Crippen LogP contribution in [0.2, 0.25) is 0 Å². The first kappa shape index (κ1) is 18.5. The molecule has 1 unspecified atom stereocenters. The van der Waals surface area contributed by atoms with Crippen molar-refractivity contribution in [3.05, 3.63) is 84.4 Å². The number of nitrogens with zero attached hydrogens (tertiary/aromatic N) is 1. The van der Waals surface area contributed by atoms with E-state index in [0.717, 1.165) is 11.4 Å². The zero-order chi connectivity index (χ0) is 19.6. The highest BCUT2D eigenvalue weighted by Gasteiger charge is 2.29. The van der Waals surface area contributed by atoms with Crippen LogP contribution >= 0.6 is 0 Å². The molecule has 0 spiro atoms. The SMILES string of the molecule is Cc1ccccc1S(=O)(=O)OCC1CN(c2ccccc2)c2ccccc2O1. The van der Waals surface area contributed by atoms with Gasteiger partial charge in [-0.2, -0.15) is 8.42 Å². The standard InChI is InChI=1S/C22H21NO4S/c1-17-9-5-8-14-22(17)28(24,25)26-16-19-15-23(18-10-3-2-4-11-18)20-12-6-7-13-21(20)27-19/h2-14,19H,15-16H2,1H3. The second kappa shape index (κ2) is 7.66. The average Bonchev–Trinajstić information content (AvgIpc) is 2.72. The molecule has 3 aromatic carbocycles. The summed E-state index contributed by atoms with van der Waals surface area (Å²) in [5.74, 6) is 0.708. The van der Waals surface area contributed by atoms with Gasteiger partial charge in [-0.3, -0.25) is 4.18 Å². The van der Waals surface area contributed by atoms with Crippen LogP contribution in [0.1, 0.15) is 5.56 Å². The molecule has 3 aromatic rings. The van der Waals surface area contributed by atoms with Gasteiger partial charge in [-0.1, -0.05) is 48.5 Å². The number of benzene rings is 3. The Morgan fingerprint density at radius 1 is 0.964 bits per heavy atom. The Balaban J connectivity index is 1.56. The number of hydrogen-bond acceptors (Lipinski definition) is 5. The molecule has 144 valence electrons. The molecule has 0 fully saturated rings. The fraction of sp³-hybridized carbons (Fsp3) is 0.182. The van der Waals surface area contributed by atoms with Gasteiger partial charge in [-0.05, 0) is 42.8 Å². The topological polar surface area (TPSA) is 55.8 Å². The molecule has 4 rings (SSSR count). The molecule has 0 saturated carbocycles. The molecule has 1 aliphatic rings. The van der Waals surface area contributed by atoms with Gasteiger partial charge < -0.3 is 9.64 Å². The highest BCUT2D eigenvalue weighted by Crippen LogP contribution is 2.38. The number of rotatable bonds is 5. The number of anilines is 2. The Kier molecular flexibility index (Phi) is 5.07. The lowest BCUT2D eigenvalue weighted by atomic mass is 10.1. The van der Waals surface area contributed by atoms with E-state index < -0.39 is 16.2 Å². The summed E-state index contributed by atoms with van der Waals surface area (Å²) < 4.78 is 36.6. The van der Waals surface area contributed by atoms with Crippen LogP contribution in [0.5, 0.6) is 5.75 Å². The van der Waals surface area contributed by atoms with Crippen LogP contribution in [0.25, 0.3) is 0 Å². The lowest BCUT2D eigenvalue weighted by molar-refractivity contribution is 0.130. The van der Waals surface area contributed by atoms with Gasteiger partial charge in [0.15, 0.2) is 0 Å². The summed E-state index contributed by atoms with van der Waals surface area (Å²) >= 11 is 0. The van der Waals surface area contributed by atoms with Gasteiger partial charge >= 0.3 is 0 Å². The first-order valence-electron chi connectivity index (χ1n) is 9.08. The van der Waals surface area contributed by atoms with Crippen LogP contribution in [0, 0.1) is 6.92 Å². The fourth-order valence-electron chi connectivity index (χ4n) is 3.30. The predicted molar refractivity (Wildman–Crippen MR) is 109 cm³/mol. The molecule has 0 bridgehead atoms. The van der Waals surface area contributed by atoms with Crippen molar-refractivity contribution >= 4 is 21.5 Å². The summed E-state index contributed by atoms with van der Waals surface area (Å²) in [7, 11) is -3.85. The van der Waals surface area contributed by atoms with Crippen LogP contribution in [0.15, 0.2) is 83.8 Å². The Hall–Kier alpha value is -2.83. The molecule has 5 nitrogen and oxygen atoms in total. The maximum Gasteiger partial charge on any atom is 0.297 e. The van der Waals surface area contributed by atoms with Crippen molar-refractivity contribution in [2.75, 3.05) is 18.1 Å². The normalized spacial score (nSPS) is 16.3. The van der Waals surface area contributed by atoms with Gasteiger partial charge in [0.2, 0.25) is 0 Å². The largest absolute Gasteiger partial charge is 0.484 e. The van der Waals surface area contributed by atoms with E-state index in [0.29, 0.717) is 17.9 Å². The lowest BCUT2D eigenvalue weighted by Gasteiger charge is -2.36. The summed E-state index contributed by atoms with van der Waals surface area (Å²) in [6.45, 7) is 2.18. The van der Waals surface area contributed by atoms with Crippen molar-refractivity contribution in [3.63, 3.8) is 0 Å². The van der Waals surface area contributed by atoms with Gasteiger partial charge in [0.05, 0.1) is 17.1 Å². The van der Waals surface area contributed by atoms with E-state index in [1.54, 1.807) is 31.2 Å². The second-order valence-electron chi connectivity index (χ2n) is 6.66. The number of para-hydroxylation sites is 3. The van der Waals surface area contributed by atoms with Gasteiger partial charge in [-0.15, -0.1) is 0 Å². The first-order chi connectivity index (χ1) is 13.5. The lowest BCUT2D eigenvalue weighted by Crippen LogP contribution is -2.40. The molecular weight excluding hydrogens is 374 g/mol. The minimum absolute atomic E-state index is 0.0612. The molecule has 0 N–H and O–H groups in total. The van der Waals surface area contributed by atoms with Crippen molar-refractivity contribution in [2.45, 2.75) is 17.9 Å². The van der Waals surface area contributed by atoms with E-state index in [-0.39, 0.29) is 11.5 Å². The monoisotopic (exact) mass is 395 g/mol. The summed E-state index contributed by atoms with van der Waals surface area (Å²) in [5, 5.41) is 0. The van der Waals surface area contributed by atoms with Gasteiger partial charge in [-0.25, -0.2) is 0 Å². The quantitative estimate of drug-likeness (QED) is 0.603. The highest BCUT2D eigenvalue weighted by atomic mass is 32.2. The van der Waals surface area contributed by atoms with Crippen LogP contribution in [-0.2, 0) is 14.3 Å². The second-order valence-corrected chi connectivity index (χ2v) is 8.24. The molecular formula is C22H21NO4S. The smallest absolute Gasteiger partial charge is 0.297 e. The maximum absolute atomic E-state index is 12.6. The van der Waals surface area contributed by atoms with Crippen LogP contribution < -0.4 is 9.64 Å². The average molecular weight is 395 g/mol. The number of fused-ring (bicyclic) bond motifs is 1. The summed E-state index contributed by atoms with van der Waals surface area (Å²) in [4.78, 5) is 2.30. The number of hydrogen-bond donors (Lipinski definition) is 0. The third kappa shape index (κ3) is 3.74. The van der Waals surface area contributed by atoms with Crippen molar-refractivity contribution < 1.29 is 17.3 Å². The Bertz CT molecular complexity index is 1070. The number of aryl methyl sites for hydroxylation is 1. The minimum Gasteiger partial charge on any atom is -0.484 e. The third-order valence-corrected chi connectivity index (χ3v) is 6.12. The van der Waals surface area contributed by atoms with Gasteiger partial charge in [0.1, 0.15) is 18.5 Å². The minimum atomic E-state index is -3.85. The van der Waals surface area contributed by atoms with Crippen molar-refractivity contribution in [2.24, 2.45) is 0 Å². The van der Waals surface area contributed by atoms with Gasteiger partial charge in [0.25, 0.3) is 10.1 Å². The summed E-state index contributed by atoms with van der Waals surface area (Å²) in [5.41, 5.74) is 2.63. The molecule has 1 aliphatic heterocycles. The summed E-state index contributed by atoms with van der Waals surface area (Å²) in [6.07, 6.45) is -0.422. The molecule has 28 heavy (non-hydrogen) atoms. The first-order valence-corrected chi connectivity index (χ1v) is 10.5. The molecule has 0 aromatic heterocycles. The van der Waals surface area contributed by atoms with Crippen molar-refractivity contribution in [3.8, 4) is 5.75 Å². The van der Waals surface area contributed by atoms with E-state index >= 15 is 0 Å². The molecule has 0 amide bonds. The van der Waals surface area contributed by atoms with E-state index in [4.69, 9.17) is 8.92 Å². The Labute approximate surface area is 165 Å². The third-order valence-electron chi connectivity index (χ3n) is 4.68. The fourth-order valence-corrected chi connectivity index (χ4v) is 4.47. The van der Waals surface area contributed by atoms with Crippen molar-refractivity contribution in [1.29, 1.82) is 0 Å². The molecule has 0 radical (unpaired) electrons. The predicted octanol–water partition coefficient (Wildman–Crippen LogP) is 4.30. The molecule has 0 saturated heterocycles. The molecule has 6 heteroatoms. The Morgan fingerprint density at radius 3 is 2.43 bits per heavy atom. The number of ether oxygens (including phenoxy) is 1. The van der Waals surface area contributed by atoms with E-state index in [1.807, 2.05) is 54.6 Å². The Morgan fingerprint density at radius 2 is 1.64 bits per heavy atom. The summed E-state index contributed by atoms with van der Waals surface area (Å²) in [6, 6.07) is 24.5. The van der Waals surface area contributed by atoms with E-state index in [1.165, 1.54) is 0 Å². The molecule has 1 atom stereocenters. The van der Waals surface area contributed by atoms with E-state index in [9.17, 15) is 8.42 Å². The molecule has 1 heterocycles. The zero-order valence-corrected chi connectivity index (χ0v) is 16.3. The van der Waals surface area contributed by atoms with Crippen LogP contribution in [0.4, 0.5) is 11.4 Å². The van der Waals surface area contributed by atoms with E-state index in [2.05, 4.69) is 4.90 Å².